The van der Waals surface area contributed by atoms with Crippen LogP contribution in [0.1, 0.15) is 5.56 Å². The first-order valence-corrected chi connectivity index (χ1v) is 9.06. The number of hydrazone groups is 1. The van der Waals surface area contributed by atoms with Gasteiger partial charge in [0.15, 0.2) is 0 Å². The Morgan fingerprint density at radius 1 is 1.00 bits per heavy atom. The summed E-state index contributed by atoms with van der Waals surface area (Å²) < 4.78 is 51.7. The van der Waals surface area contributed by atoms with Crippen molar-refractivity contribution in [2.24, 2.45) is 5.10 Å². The third-order valence-electron chi connectivity index (χ3n) is 1.58. The minimum absolute atomic E-state index is 0.715. The van der Waals surface area contributed by atoms with Crippen molar-refractivity contribution in [3.05, 3.63) is 35.9 Å². The van der Waals surface area contributed by atoms with Crippen molar-refractivity contribution in [1.29, 1.82) is 0 Å². The van der Waals surface area contributed by atoms with E-state index in [0.717, 1.165) is 5.69 Å². The first-order chi connectivity index (χ1) is 9.47. The molecule has 0 amide bonds. The monoisotopic (exact) mass is 336 g/mol. The van der Waals surface area contributed by atoms with E-state index in [1.807, 2.05) is 36.4 Å². The quantitative estimate of drug-likeness (QED) is 0.604. The Bertz CT molecular complexity index is 662. The van der Waals surface area contributed by atoms with Crippen LogP contribution in [0.5, 0.6) is 0 Å². The molecule has 1 heterocycles. The van der Waals surface area contributed by atoms with Gasteiger partial charge in [-0.25, -0.2) is 0 Å². The fourth-order valence-electron chi connectivity index (χ4n) is 1.04. The summed E-state index contributed by atoms with van der Waals surface area (Å²) in [5.74, 6) is 0. The standard InChI is InChI=1S/C9H8N2.2CH4O3S/c1-2-6-9-8(4-1)5-3-7-10-11-9;2*1-5(2,3)4/h1-7,11H;2*1H3,(H,2,3,4). The van der Waals surface area contributed by atoms with Gasteiger partial charge in [-0.15, -0.1) is 0 Å². The molecule has 2 rings (SSSR count). The third-order valence-corrected chi connectivity index (χ3v) is 1.58. The number of rotatable bonds is 0. The summed E-state index contributed by atoms with van der Waals surface area (Å²) in [5, 5.41) is 3.95. The van der Waals surface area contributed by atoms with Gasteiger partial charge in [-0.1, -0.05) is 24.3 Å². The number of hydrogen-bond donors (Lipinski definition) is 3. The van der Waals surface area contributed by atoms with Crippen LogP contribution in [0.3, 0.4) is 0 Å². The SMILES string of the molecule is C1=Cc2ccccc2NN=C1.CS(=O)(=O)O.CS(=O)(=O)O. The number of benzene rings is 1. The van der Waals surface area contributed by atoms with Crippen LogP contribution in [0.25, 0.3) is 6.08 Å². The molecular formula is C11H16N2O6S2. The van der Waals surface area contributed by atoms with Gasteiger partial charge in [0.2, 0.25) is 0 Å². The molecule has 0 saturated carbocycles. The Kier molecular flexibility index (Phi) is 7.81. The van der Waals surface area contributed by atoms with Gasteiger partial charge < -0.3 is 0 Å². The summed E-state index contributed by atoms with van der Waals surface area (Å²) >= 11 is 0. The van der Waals surface area contributed by atoms with Crippen LogP contribution in [0, 0.1) is 0 Å². The maximum Gasteiger partial charge on any atom is 0.261 e. The van der Waals surface area contributed by atoms with Crippen LogP contribution in [-0.2, 0) is 20.2 Å². The zero-order chi connectivity index (χ0) is 16.5. The lowest BCUT2D eigenvalue weighted by molar-refractivity contribution is 0.488. The Morgan fingerprint density at radius 3 is 2.00 bits per heavy atom. The second kappa shape index (κ2) is 8.52. The summed E-state index contributed by atoms with van der Waals surface area (Å²) in [6.45, 7) is 0. The summed E-state index contributed by atoms with van der Waals surface area (Å²) in [6, 6.07) is 8.05. The van der Waals surface area contributed by atoms with Crippen LogP contribution in [0.4, 0.5) is 5.69 Å². The molecule has 0 fully saturated rings. The average molecular weight is 336 g/mol. The van der Waals surface area contributed by atoms with Crippen LogP contribution < -0.4 is 5.43 Å². The number of anilines is 1. The van der Waals surface area contributed by atoms with E-state index in [-0.39, 0.29) is 0 Å². The van der Waals surface area contributed by atoms with Crippen molar-refractivity contribution in [2.75, 3.05) is 17.9 Å². The van der Waals surface area contributed by atoms with Gasteiger partial charge >= 0.3 is 0 Å². The van der Waals surface area contributed by atoms with Crippen molar-refractivity contribution in [3.63, 3.8) is 0 Å². The van der Waals surface area contributed by atoms with E-state index >= 15 is 0 Å². The van der Waals surface area contributed by atoms with Gasteiger partial charge in [-0.3, -0.25) is 14.5 Å². The van der Waals surface area contributed by atoms with E-state index < -0.39 is 20.2 Å². The van der Waals surface area contributed by atoms with Gasteiger partial charge in [-0.2, -0.15) is 21.9 Å². The van der Waals surface area contributed by atoms with Gasteiger partial charge in [0, 0.05) is 6.21 Å². The van der Waals surface area contributed by atoms with Crippen LogP contribution in [0.15, 0.2) is 35.4 Å². The zero-order valence-corrected chi connectivity index (χ0v) is 13.0. The lowest BCUT2D eigenvalue weighted by Crippen LogP contribution is -1.88. The molecule has 0 unspecified atom stereocenters. The van der Waals surface area contributed by atoms with Crippen LogP contribution >= 0.6 is 0 Å². The summed E-state index contributed by atoms with van der Waals surface area (Å²) in [4.78, 5) is 0. The van der Waals surface area contributed by atoms with Gasteiger partial charge in [0.25, 0.3) is 20.2 Å². The Labute approximate surface area is 123 Å². The minimum atomic E-state index is -3.67. The van der Waals surface area contributed by atoms with Crippen molar-refractivity contribution in [3.8, 4) is 0 Å². The molecule has 3 N–H and O–H groups in total. The highest BCUT2D eigenvalue weighted by molar-refractivity contribution is 7.85. The molecule has 8 nitrogen and oxygen atoms in total. The number of hydrogen-bond acceptors (Lipinski definition) is 6. The minimum Gasteiger partial charge on any atom is -0.286 e. The molecule has 0 aromatic heterocycles. The summed E-state index contributed by atoms with van der Waals surface area (Å²) in [5.41, 5.74) is 5.16. The largest absolute Gasteiger partial charge is 0.286 e. The number of fused-ring (bicyclic) bond motifs is 1. The molecule has 0 saturated heterocycles. The Balaban J connectivity index is 0.000000340. The highest BCUT2D eigenvalue weighted by Gasteiger charge is 1.96. The normalized spacial score (nSPS) is 12.6. The summed E-state index contributed by atoms with van der Waals surface area (Å²) in [6.07, 6.45) is 7.11. The lowest BCUT2D eigenvalue weighted by Gasteiger charge is -2.00. The van der Waals surface area contributed by atoms with Gasteiger partial charge in [0.05, 0.1) is 18.2 Å². The van der Waals surface area contributed by atoms with Crippen LogP contribution in [-0.4, -0.2) is 44.7 Å². The van der Waals surface area contributed by atoms with Crippen molar-refractivity contribution < 1.29 is 25.9 Å². The smallest absolute Gasteiger partial charge is 0.261 e. The van der Waals surface area contributed by atoms with Gasteiger partial charge in [0.1, 0.15) is 0 Å². The fraction of sp³-hybridized carbons (Fsp3) is 0.182. The van der Waals surface area contributed by atoms with E-state index in [2.05, 4.69) is 10.5 Å². The molecule has 10 heteroatoms. The predicted molar refractivity (Wildman–Crippen MR) is 82.5 cm³/mol. The highest BCUT2D eigenvalue weighted by Crippen LogP contribution is 2.17. The summed E-state index contributed by atoms with van der Waals surface area (Å²) in [7, 11) is -7.33. The predicted octanol–water partition coefficient (Wildman–Crippen LogP) is 1.12. The second-order valence-electron chi connectivity index (χ2n) is 3.80. The third kappa shape index (κ3) is 16.2. The number of allylic oxidation sites excluding steroid dienone is 1. The van der Waals surface area contributed by atoms with Crippen LogP contribution in [0.2, 0.25) is 0 Å². The van der Waals surface area contributed by atoms with E-state index in [9.17, 15) is 16.8 Å². The maximum absolute atomic E-state index is 9.19. The highest BCUT2D eigenvalue weighted by atomic mass is 32.2. The molecule has 0 radical (unpaired) electrons. The lowest BCUT2D eigenvalue weighted by atomic mass is 10.2. The Hall–Kier alpha value is -1.75. The van der Waals surface area contributed by atoms with Crippen molar-refractivity contribution in [1.82, 2.24) is 0 Å². The van der Waals surface area contributed by atoms with Crippen molar-refractivity contribution >= 4 is 38.2 Å². The van der Waals surface area contributed by atoms with E-state index in [1.54, 1.807) is 6.21 Å². The second-order valence-corrected chi connectivity index (χ2v) is 6.73. The number of para-hydroxylation sites is 1. The topological polar surface area (TPSA) is 133 Å². The molecule has 0 aliphatic carbocycles. The molecule has 0 bridgehead atoms. The first-order valence-electron chi connectivity index (χ1n) is 5.36. The number of nitrogens with one attached hydrogen (secondary N) is 1. The average Bonchev–Trinajstić information content (AvgIpc) is 2.49. The first kappa shape index (κ1) is 19.2. The molecule has 0 atom stereocenters. The molecule has 21 heavy (non-hydrogen) atoms. The fourth-order valence-corrected chi connectivity index (χ4v) is 1.04. The van der Waals surface area contributed by atoms with E-state index in [1.165, 1.54) is 5.56 Å². The maximum atomic E-state index is 9.19. The van der Waals surface area contributed by atoms with Gasteiger partial charge in [-0.05, 0) is 17.7 Å². The molecule has 1 aromatic rings. The molecule has 0 spiro atoms. The number of nitrogens with zero attached hydrogens (tertiary/aromatic N) is 1. The molecule has 118 valence electrons. The molecule has 1 aliphatic rings. The van der Waals surface area contributed by atoms with E-state index in [0.29, 0.717) is 12.5 Å². The van der Waals surface area contributed by atoms with E-state index in [4.69, 9.17) is 9.11 Å². The molecule has 1 aliphatic heterocycles. The zero-order valence-electron chi connectivity index (χ0n) is 11.3. The molecular weight excluding hydrogens is 320 g/mol. The molecule has 1 aromatic carbocycles. The van der Waals surface area contributed by atoms with Crippen molar-refractivity contribution in [2.45, 2.75) is 0 Å². The Morgan fingerprint density at radius 2 is 1.48 bits per heavy atom.